The van der Waals surface area contributed by atoms with Crippen molar-refractivity contribution in [3.63, 3.8) is 0 Å². The minimum absolute atomic E-state index is 0.897. The number of benzene rings is 2. The largest absolute Gasteiger partial charge is 0.319 e. The number of alkyl halides is 1. The Kier molecular flexibility index (Phi) is 4.09. The predicted molar refractivity (Wildman–Crippen MR) is 89.8 cm³/mol. The Hall–Kier alpha value is -1.00. The zero-order chi connectivity index (χ0) is 13.1. The molecule has 1 aliphatic heterocycles. The molecule has 4 heteroatoms. The molecular formula is C15H15BrN2S. The molecule has 0 saturated carbocycles. The minimum atomic E-state index is 0.897. The highest BCUT2D eigenvalue weighted by molar-refractivity contribution is 9.09. The first-order chi connectivity index (χ1) is 9.40. The van der Waals surface area contributed by atoms with E-state index in [0.29, 0.717) is 0 Å². The van der Waals surface area contributed by atoms with E-state index < -0.39 is 0 Å². The highest BCUT2D eigenvalue weighted by atomic mass is 79.9. The van der Waals surface area contributed by atoms with Gasteiger partial charge in [-0.2, -0.15) is 0 Å². The van der Waals surface area contributed by atoms with E-state index in [9.17, 15) is 0 Å². The average molecular weight is 335 g/mol. The molecule has 0 fully saturated rings. The molecule has 1 heterocycles. The molecule has 0 amide bonds. The van der Waals surface area contributed by atoms with Crippen LogP contribution in [-0.2, 0) is 0 Å². The first-order valence-corrected chi connectivity index (χ1v) is 8.49. The molecule has 0 radical (unpaired) electrons. The van der Waals surface area contributed by atoms with Crippen LogP contribution in [0.3, 0.4) is 0 Å². The number of fused-ring (bicyclic) bond motifs is 1. The monoisotopic (exact) mass is 334 g/mol. The van der Waals surface area contributed by atoms with Gasteiger partial charge in [0.2, 0.25) is 0 Å². The summed E-state index contributed by atoms with van der Waals surface area (Å²) in [5, 5.41) is 4.74. The lowest BCUT2D eigenvalue weighted by molar-refractivity contribution is 1.03. The normalized spacial score (nSPS) is 15.0. The fourth-order valence-electron chi connectivity index (χ4n) is 2.35. The summed E-state index contributed by atoms with van der Waals surface area (Å²) < 4.78 is 0. The van der Waals surface area contributed by atoms with Crippen LogP contribution >= 0.6 is 27.7 Å². The van der Waals surface area contributed by atoms with Gasteiger partial charge < -0.3 is 4.90 Å². The van der Waals surface area contributed by atoms with Crippen molar-refractivity contribution in [2.24, 2.45) is 4.99 Å². The van der Waals surface area contributed by atoms with Crippen molar-refractivity contribution in [2.45, 2.75) is 0 Å². The number of amidine groups is 1. The summed E-state index contributed by atoms with van der Waals surface area (Å²) in [7, 11) is 0. The summed E-state index contributed by atoms with van der Waals surface area (Å²) in [6.45, 7) is 1.88. The molecule has 0 atom stereocenters. The Balaban J connectivity index is 1.98. The van der Waals surface area contributed by atoms with Crippen LogP contribution in [0.25, 0.3) is 10.8 Å². The molecule has 98 valence electrons. The summed E-state index contributed by atoms with van der Waals surface area (Å²) in [5.74, 6) is 1.06. The van der Waals surface area contributed by atoms with Gasteiger partial charge in [-0.25, -0.2) is 0 Å². The maximum Gasteiger partial charge on any atom is 0.163 e. The molecule has 0 aromatic heterocycles. The molecule has 0 spiro atoms. The minimum Gasteiger partial charge on any atom is -0.319 e. The van der Waals surface area contributed by atoms with Gasteiger partial charge in [0.05, 0.1) is 12.2 Å². The van der Waals surface area contributed by atoms with Crippen LogP contribution in [-0.4, -0.2) is 29.3 Å². The standard InChI is InChI=1S/C15H15BrN2S/c16-8-11-19-15-17-9-10-18(15)14-7-3-5-12-4-1-2-6-13(12)14/h1-7H,8-11H2. The van der Waals surface area contributed by atoms with E-state index in [-0.39, 0.29) is 0 Å². The van der Waals surface area contributed by atoms with Crippen LogP contribution in [0, 0.1) is 0 Å². The van der Waals surface area contributed by atoms with E-state index >= 15 is 0 Å². The van der Waals surface area contributed by atoms with Gasteiger partial charge in [0.25, 0.3) is 0 Å². The second-order valence-corrected chi connectivity index (χ2v) is 6.21. The topological polar surface area (TPSA) is 15.6 Å². The first kappa shape index (κ1) is 13.0. The summed E-state index contributed by atoms with van der Waals surface area (Å²) in [6, 6.07) is 15.0. The van der Waals surface area contributed by atoms with Gasteiger partial charge in [0.15, 0.2) is 5.17 Å². The molecule has 0 bridgehead atoms. The van der Waals surface area contributed by atoms with Gasteiger partial charge in [0.1, 0.15) is 0 Å². The zero-order valence-electron chi connectivity index (χ0n) is 10.6. The fraction of sp³-hybridized carbons (Fsp3) is 0.267. The Bertz CT molecular complexity index is 607. The van der Waals surface area contributed by atoms with E-state index in [1.807, 2.05) is 11.8 Å². The van der Waals surface area contributed by atoms with Crippen molar-refractivity contribution >= 4 is 49.3 Å². The van der Waals surface area contributed by atoms with Crippen LogP contribution in [0.4, 0.5) is 5.69 Å². The highest BCUT2D eigenvalue weighted by Crippen LogP contribution is 2.30. The van der Waals surface area contributed by atoms with Gasteiger partial charge in [-0.05, 0) is 11.5 Å². The summed E-state index contributed by atoms with van der Waals surface area (Å²) in [4.78, 5) is 6.97. The van der Waals surface area contributed by atoms with Crippen LogP contribution in [0.5, 0.6) is 0 Å². The number of rotatable bonds is 3. The van der Waals surface area contributed by atoms with Crippen molar-refractivity contribution in [1.29, 1.82) is 0 Å². The van der Waals surface area contributed by atoms with Gasteiger partial charge in [-0.3, -0.25) is 4.99 Å². The van der Waals surface area contributed by atoms with E-state index in [1.54, 1.807) is 0 Å². The smallest absolute Gasteiger partial charge is 0.163 e. The van der Waals surface area contributed by atoms with Crippen LogP contribution in [0.2, 0.25) is 0 Å². The van der Waals surface area contributed by atoms with Crippen molar-refractivity contribution in [1.82, 2.24) is 0 Å². The van der Waals surface area contributed by atoms with E-state index in [4.69, 9.17) is 0 Å². The molecule has 1 aliphatic rings. The summed E-state index contributed by atoms with van der Waals surface area (Å²) >= 11 is 5.30. The maximum absolute atomic E-state index is 4.62. The Morgan fingerprint density at radius 2 is 2.00 bits per heavy atom. The predicted octanol–water partition coefficient (Wildman–Crippen LogP) is 4.14. The number of anilines is 1. The van der Waals surface area contributed by atoms with Crippen LogP contribution in [0.15, 0.2) is 47.5 Å². The average Bonchev–Trinajstić information content (AvgIpc) is 2.92. The second kappa shape index (κ2) is 5.97. The number of hydrogen-bond donors (Lipinski definition) is 0. The third-order valence-electron chi connectivity index (χ3n) is 3.17. The lowest BCUT2D eigenvalue weighted by Gasteiger charge is -2.21. The molecule has 0 unspecified atom stereocenters. The third-order valence-corrected chi connectivity index (χ3v) is 5.10. The molecule has 3 rings (SSSR count). The van der Waals surface area contributed by atoms with Gasteiger partial charge in [0, 0.05) is 23.0 Å². The highest BCUT2D eigenvalue weighted by Gasteiger charge is 2.20. The summed E-state index contributed by atoms with van der Waals surface area (Å²) in [5.41, 5.74) is 1.27. The quantitative estimate of drug-likeness (QED) is 0.784. The number of hydrogen-bond acceptors (Lipinski definition) is 3. The van der Waals surface area contributed by atoms with Crippen LogP contribution in [0.1, 0.15) is 0 Å². The lowest BCUT2D eigenvalue weighted by Crippen LogP contribution is -2.25. The number of thioether (sulfide) groups is 1. The zero-order valence-corrected chi connectivity index (χ0v) is 13.0. The van der Waals surface area contributed by atoms with Gasteiger partial charge in [-0.15, -0.1) is 0 Å². The molecule has 0 saturated heterocycles. The van der Waals surface area contributed by atoms with E-state index in [0.717, 1.165) is 29.3 Å². The molecule has 2 nitrogen and oxygen atoms in total. The number of halogens is 1. The van der Waals surface area contributed by atoms with Crippen molar-refractivity contribution in [3.8, 4) is 0 Å². The van der Waals surface area contributed by atoms with Crippen molar-refractivity contribution < 1.29 is 0 Å². The van der Waals surface area contributed by atoms with Crippen LogP contribution < -0.4 is 4.90 Å². The first-order valence-electron chi connectivity index (χ1n) is 6.38. The molecule has 19 heavy (non-hydrogen) atoms. The second-order valence-electron chi connectivity index (χ2n) is 4.35. The van der Waals surface area contributed by atoms with E-state index in [2.05, 4.69) is 68.3 Å². The number of nitrogens with zero attached hydrogens (tertiary/aromatic N) is 2. The van der Waals surface area contributed by atoms with Gasteiger partial charge >= 0.3 is 0 Å². The Morgan fingerprint density at radius 1 is 1.16 bits per heavy atom. The molecular weight excluding hydrogens is 320 g/mol. The Labute approximate surface area is 126 Å². The van der Waals surface area contributed by atoms with Gasteiger partial charge in [-0.1, -0.05) is 64.1 Å². The van der Waals surface area contributed by atoms with Crippen molar-refractivity contribution in [2.75, 3.05) is 29.1 Å². The molecule has 2 aromatic carbocycles. The number of aliphatic imine (C=N–C) groups is 1. The molecule has 2 aromatic rings. The third kappa shape index (κ3) is 2.65. The molecule has 0 aliphatic carbocycles. The lowest BCUT2D eigenvalue weighted by atomic mass is 10.1. The van der Waals surface area contributed by atoms with Crippen molar-refractivity contribution in [3.05, 3.63) is 42.5 Å². The Morgan fingerprint density at radius 3 is 2.89 bits per heavy atom. The SMILES string of the molecule is BrCCSC1=NCCN1c1cccc2ccccc12. The fourth-order valence-corrected chi connectivity index (χ4v) is 3.62. The molecule has 0 N–H and O–H groups in total. The maximum atomic E-state index is 4.62. The summed E-state index contributed by atoms with van der Waals surface area (Å²) in [6.07, 6.45) is 0. The van der Waals surface area contributed by atoms with E-state index in [1.165, 1.54) is 16.5 Å².